The molecule has 3 aromatic rings. The van der Waals surface area contributed by atoms with Gasteiger partial charge in [-0.05, 0) is 80.2 Å². The van der Waals surface area contributed by atoms with Gasteiger partial charge < -0.3 is 14.9 Å². The van der Waals surface area contributed by atoms with Gasteiger partial charge in [0.1, 0.15) is 0 Å². The van der Waals surface area contributed by atoms with E-state index >= 15 is 0 Å². The van der Waals surface area contributed by atoms with Crippen LogP contribution in [-0.2, 0) is 15.9 Å². The highest BCUT2D eigenvalue weighted by Gasteiger charge is 2.41. The molecule has 1 saturated heterocycles. The normalized spacial score (nSPS) is 21.1. The van der Waals surface area contributed by atoms with Crippen molar-refractivity contribution in [1.29, 1.82) is 0 Å². The lowest BCUT2D eigenvalue weighted by Crippen LogP contribution is -2.53. The first-order valence-electron chi connectivity index (χ1n) is 17.4. The third-order valence-corrected chi connectivity index (χ3v) is 11.9. The van der Waals surface area contributed by atoms with Crippen LogP contribution in [0.2, 0.25) is 0 Å². The Morgan fingerprint density at radius 3 is 1.89 bits per heavy atom. The lowest BCUT2D eigenvalue weighted by molar-refractivity contribution is -0.0158. The maximum Gasteiger partial charge on any atom is 0.193 e. The van der Waals surface area contributed by atoms with E-state index in [2.05, 4.69) is 55.3 Å². The third kappa shape index (κ3) is 6.75. The van der Waals surface area contributed by atoms with Crippen molar-refractivity contribution >= 4 is 17.5 Å². The van der Waals surface area contributed by atoms with Crippen molar-refractivity contribution in [3.63, 3.8) is 0 Å². The molecule has 6 heteroatoms. The highest BCUT2D eigenvalue weighted by Crippen LogP contribution is 2.45. The molecule has 1 heterocycles. The molecule has 0 spiro atoms. The minimum Gasteiger partial charge on any atom is -0.385 e. The van der Waals surface area contributed by atoms with E-state index in [9.17, 15) is 15.0 Å². The molecule has 1 unspecified atom stereocenters. The predicted octanol–water partition coefficient (Wildman–Crippen LogP) is 8.19. The molecule has 3 fully saturated rings. The zero-order valence-electron chi connectivity index (χ0n) is 27.9. The van der Waals surface area contributed by atoms with Crippen molar-refractivity contribution in [1.82, 2.24) is 4.90 Å². The van der Waals surface area contributed by atoms with Crippen LogP contribution in [0.4, 0.5) is 0 Å². The summed E-state index contributed by atoms with van der Waals surface area (Å²) >= 11 is 1.73. The number of hydrogen-bond donors (Lipinski definition) is 2. The molecular formula is C40H51NO4S. The van der Waals surface area contributed by atoms with Gasteiger partial charge in [-0.25, -0.2) is 0 Å². The van der Waals surface area contributed by atoms with Crippen LogP contribution in [0.5, 0.6) is 0 Å². The average Bonchev–Trinajstić information content (AvgIpc) is 3.09. The summed E-state index contributed by atoms with van der Waals surface area (Å²) in [6.45, 7) is 7.60. The van der Waals surface area contributed by atoms with Crippen molar-refractivity contribution in [3.8, 4) is 0 Å². The zero-order chi connectivity index (χ0) is 32.4. The van der Waals surface area contributed by atoms with Gasteiger partial charge >= 0.3 is 0 Å². The topological polar surface area (TPSA) is 70.0 Å². The van der Waals surface area contributed by atoms with Crippen LogP contribution in [0.15, 0.2) is 71.6 Å². The van der Waals surface area contributed by atoms with Crippen LogP contribution < -0.4 is 0 Å². The Morgan fingerprint density at radius 2 is 1.33 bits per heavy atom. The quantitative estimate of drug-likeness (QED) is 0.181. The fourth-order valence-electron chi connectivity index (χ4n) is 8.32. The Morgan fingerprint density at radius 1 is 0.783 bits per heavy atom. The Bertz CT molecular complexity index is 1480. The van der Waals surface area contributed by atoms with E-state index in [1.807, 2.05) is 36.4 Å². The zero-order valence-corrected chi connectivity index (χ0v) is 28.7. The molecule has 46 heavy (non-hydrogen) atoms. The van der Waals surface area contributed by atoms with E-state index in [4.69, 9.17) is 4.74 Å². The summed E-state index contributed by atoms with van der Waals surface area (Å²) in [5.41, 5.74) is 3.19. The lowest BCUT2D eigenvalue weighted by Gasteiger charge is -2.47. The molecule has 1 aliphatic heterocycles. The number of carbonyl (C=O) groups excluding carboxylic acids is 1. The minimum absolute atomic E-state index is 0.0251. The number of ketones is 1. The lowest BCUT2D eigenvalue weighted by atomic mass is 9.71. The molecule has 2 aliphatic carbocycles. The van der Waals surface area contributed by atoms with Crippen LogP contribution in [0.3, 0.4) is 0 Å². The highest BCUT2D eigenvalue weighted by atomic mass is 32.2. The third-order valence-electron chi connectivity index (χ3n) is 11.2. The number of nitrogens with zero attached hydrogens (tertiary/aromatic N) is 1. The number of aliphatic hydroxyl groups is 2. The molecular weight excluding hydrogens is 591 g/mol. The molecule has 6 rings (SSSR count). The Hall–Kier alpha value is -2.48. The average molecular weight is 642 g/mol. The molecule has 5 nitrogen and oxygen atoms in total. The molecule has 246 valence electrons. The van der Waals surface area contributed by atoms with E-state index in [-0.39, 0.29) is 17.2 Å². The highest BCUT2D eigenvalue weighted by molar-refractivity contribution is 7.98. The van der Waals surface area contributed by atoms with Gasteiger partial charge in [0.15, 0.2) is 5.78 Å². The van der Waals surface area contributed by atoms with E-state index in [0.717, 1.165) is 99.6 Å². The molecule has 2 saturated carbocycles. The van der Waals surface area contributed by atoms with Gasteiger partial charge in [0.2, 0.25) is 0 Å². The number of ether oxygens (including phenoxy) is 1. The molecule has 2 N–H and O–H groups in total. The van der Waals surface area contributed by atoms with Crippen molar-refractivity contribution in [2.24, 2.45) is 0 Å². The van der Waals surface area contributed by atoms with Crippen LogP contribution in [0, 0.1) is 0 Å². The minimum atomic E-state index is -0.887. The van der Waals surface area contributed by atoms with Gasteiger partial charge in [-0.15, -0.1) is 11.8 Å². The fourth-order valence-corrected chi connectivity index (χ4v) is 8.73. The summed E-state index contributed by atoms with van der Waals surface area (Å²) in [7, 11) is 0. The van der Waals surface area contributed by atoms with Gasteiger partial charge in [-0.2, -0.15) is 0 Å². The maximum atomic E-state index is 14.6. The number of carbonyl (C=O) groups is 1. The second-order valence-corrected chi connectivity index (χ2v) is 15.2. The predicted molar refractivity (Wildman–Crippen MR) is 187 cm³/mol. The number of thioether (sulfide) groups is 1. The molecule has 0 amide bonds. The van der Waals surface area contributed by atoms with Crippen LogP contribution in [0.25, 0.3) is 0 Å². The van der Waals surface area contributed by atoms with Crippen molar-refractivity contribution in [2.45, 2.75) is 106 Å². The van der Waals surface area contributed by atoms with Crippen molar-refractivity contribution in [3.05, 3.63) is 100 Å². The van der Waals surface area contributed by atoms with Gasteiger partial charge in [-0.3, -0.25) is 9.69 Å². The standard InChI is InChI=1S/C40H51NO4S/c1-38(2,41-24-26-45-27-25-41)36(29-12-17-33(46-3)18-13-29)35-28-32(40(44)22-8-5-9-23-40)16-19-34(35)37(42)30-10-14-31(15-11-30)39(43)20-6-4-7-21-39/h10-19,28,36,43-44H,4-9,20-27H2,1-3H3. The Labute approximate surface area is 279 Å². The largest absolute Gasteiger partial charge is 0.385 e. The number of benzene rings is 3. The van der Waals surface area contributed by atoms with Crippen molar-refractivity contribution in [2.75, 3.05) is 32.6 Å². The second-order valence-electron chi connectivity index (χ2n) is 14.4. The smallest absolute Gasteiger partial charge is 0.193 e. The summed E-state index contributed by atoms with van der Waals surface area (Å²) in [5.74, 6) is -0.155. The van der Waals surface area contributed by atoms with Gasteiger partial charge in [-0.1, -0.05) is 93.1 Å². The summed E-state index contributed by atoms with van der Waals surface area (Å²) in [5, 5.41) is 23.3. The number of hydrogen-bond acceptors (Lipinski definition) is 6. The molecule has 0 radical (unpaired) electrons. The summed E-state index contributed by atoms with van der Waals surface area (Å²) < 4.78 is 5.76. The molecule has 0 bridgehead atoms. The molecule has 3 aliphatic rings. The Balaban J connectivity index is 1.48. The first kappa shape index (κ1) is 33.4. The summed E-state index contributed by atoms with van der Waals surface area (Å²) in [4.78, 5) is 18.3. The van der Waals surface area contributed by atoms with E-state index < -0.39 is 11.2 Å². The van der Waals surface area contributed by atoms with Gasteiger partial charge in [0.25, 0.3) is 0 Å². The van der Waals surface area contributed by atoms with Crippen molar-refractivity contribution < 1.29 is 19.7 Å². The summed E-state index contributed by atoms with van der Waals surface area (Å²) in [6.07, 6.45) is 11.5. The summed E-state index contributed by atoms with van der Waals surface area (Å²) in [6, 6.07) is 22.6. The SMILES string of the molecule is CSc1ccc(C(c2cc(C3(O)CCCCC3)ccc2C(=O)c2ccc(C3(O)CCCCC3)cc2)C(C)(C)N2CCOCC2)cc1. The molecule has 3 aromatic carbocycles. The van der Waals surface area contributed by atoms with Gasteiger partial charge in [0, 0.05) is 40.6 Å². The number of morpholine rings is 1. The molecule has 0 aromatic heterocycles. The maximum absolute atomic E-state index is 14.6. The molecule has 1 atom stereocenters. The second kappa shape index (κ2) is 13.9. The van der Waals surface area contributed by atoms with Gasteiger partial charge in [0.05, 0.1) is 24.4 Å². The monoisotopic (exact) mass is 641 g/mol. The fraction of sp³-hybridized carbons (Fsp3) is 0.525. The first-order chi connectivity index (χ1) is 22.1. The van der Waals surface area contributed by atoms with E-state index in [1.54, 1.807) is 11.8 Å². The van der Waals surface area contributed by atoms with Crippen LogP contribution in [0.1, 0.15) is 122 Å². The van der Waals surface area contributed by atoms with E-state index in [1.165, 1.54) is 4.90 Å². The number of rotatable bonds is 9. The van der Waals surface area contributed by atoms with Crippen LogP contribution in [-0.4, -0.2) is 59.0 Å². The first-order valence-corrected chi connectivity index (χ1v) is 18.6. The van der Waals surface area contributed by atoms with Crippen LogP contribution >= 0.6 is 11.8 Å². The Kier molecular flexibility index (Phi) is 10.1. The van der Waals surface area contributed by atoms with E-state index in [0.29, 0.717) is 24.3 Å².